The Morgan fingerprint density at radius 1 is 0.939 bits per heavy atom. The van der Waals surface area contributed by atoms with E-state index in [9.17, 15) is 24.3 Å². The molecule has 2 aromatic carbocycles. The van der Waals surface area contributed by atoms with Gasteiger partial charge in [-0.15, -0.1) is 0 Å². The highest BCUT2D eigenvalue weighted by Gasteiger charge is 2.29. The molecular formula is C24H29N3O6. The van der Waals surface area contributed by atoms with Crippen molar-refractivity contribution in [1.82, 2.24) is 10.6 Å². The molecule has 0 aromatic heterocycles. The lowest BCUT2D eigenvalue weighted by molar-refractivity contribution is -0.134. The maximum Gasteiger partial charge on any atom is 0.243 e. The third kappa shape index (κ3) is 8.13. The van der Waals surface area contributed by atoms with Gasteiger partial charge in [-0.05, 0) is 30.0 Å². The fourth-order valence-corrected chi connectivity index (χ4v) is 3.25. The topological polar surface area (TPSA) is 159 Å². The molecule has 0 aliphatic carbocycles. The highest BCUT2D eigenvalue weighted by Crippen LogP contribution is 2.19. The molecule has 3 amide bonds. The number of amides is 3. The van der Waals surface area contributed by atoms with Gasteiger partial charge in [-0.3, -0.25) is 19.2 Å². The van der Waals surface area contributed by atoms with Gasteiger partial charge >= 0.3 is 0 Å². The fourth-order valence-electron chi connectivity index (χ4n) is 3.25. The highest BCUT2D eigenvalue weighted by atomic mass is 16.3. The number of ketones is 1. The van der Waals surface area contributed by atoms with Crippen molar-refractivity contribution in [2.75, 3.05) is 6.61 Å². The van der Waals surface area contributed by atoms with Crippen LogP contribution >= 0.6 is 0 Å². The van der Waals surface area contributed by atoms with E-state index in [1.165, 1.54) is 6.92 Å². The van der Waals surface area contributed by atoms with Gasteiger partial charge in [0.1, 0.15) is 18.7 Å². The second kappa shape index (κ2) is 12.5. The van der Waals surface area contributed by atoms with Crippen LogP contribution in [0.15, 0.2) is 54.6 Å². The van der Waals surface area contributed by atoms with Crippen molar-refractivity contribution in [3.05, 3.63) is 60.2 Å². The van der Waals surface area contributed by atoms with Crippen molar-refractivity contribution in [1.29, 1.82) is 0 Å². The lowest BCUT2D eigenvalue weighted by Gasteiger charge is -2.24. The molecule has 176 valence electrons. The number of aliphatic hydroxyl groups is 2. The monoisotopic (exact) mass is 455 g/mol. The summed E-state index contributed by atoms with van der Waals surface area (Å²) in [6.07, 6.45) is -1.52. The van der Waals surface area contributed by atoms with Crippen LogP contribution in [0.2, 0.25) is 0 Å². The normalized spacial score (nSPS) is 13.4. The summed E-state index contributed by atoms with van der Waals surface area (Å²) in [6.45, 7) is 0.418. The van der Waals surface area contributed by atoms with Crippen LogP contribution in [0.4, 0.5) is 0 Å². The summed E-state index contributed by atoms with van der Waals surface area (Å²) in [4.78, 5) is 48.2. The number of hydrogen-bond acceptors (Lipinski definition) is 6. The second-order valence-electron chi connectivity index (χ2n) is 7.72. The van der Waals surface area contributed by atoms with Crippen LogP contribution in [-0.4, -0.2) is 58.5 Å². The van der Waals surface area contributed by atoms with Crippen molar-refractivity contribution in [3.8, 4) is 11.1 Å². The molecule has 2 aromatic rings. The number of primary amides is 1. The van der Waals surface area contributed by atoms with Gasteiger partial charge in [0.2, 0.25) is 17.7 Å². The van der Waals surface area contributed by atoms with Gasteiger partial charge in [-0.1, -0.05) is 54.6 Å². The van der Waals surface area contributed by atoms with E-state index in [1.807, 2.05) is 54.6 Å². The molecule has 0 bridgehead atoms. The Morgan fingerprint density at radius 3 is 2.09 bits per heavy atom. The number of Topliss-reactive ketones (excluding diaryl/α,β-unsaturated/α-hetero) is 1. The summed E-state index contributed by atoms with van der Waals surface area (Å²) in [5.74, 6) is -2.67. The van der Waals surface area contributed by atoms with Crippen LogP contribution in [0.25, 0.3) is 11.1 Å². The Labute approximate surface area is 192 Å². The number of nitrogens with one attached hydrogen (secondary N) is 2. The van der Waals surface area contributed by atoms with Gasteiger partial charge < -0.3 is 26.6 Å². The number of rotatable bonds is 12. The highest BCUT2D eigenvalue weighted by molar-refractivity contribution is 5.94. The third-order valence-electron chi connectivity index (χ3n) is 5.04. The number of aliphatic hydroxyl groups excluding tert-OH is 2. The van der Waals surface area contributed by atoms with E-state index in [0.717, 1.165) is 16.7 Å². The Hall–Kier alpha value is -3.56. The Kier molecular flexibility index (Phi) is 9.71. The van der Waals surface area contributed by atoms with Crippen molar-refractivity contribution in [2.45, 2.75) is 44.4 Å². The summed E-state index contributed by atoms with van der Waals surface area (Å²) >= 11 is 0. The van der Waals surface area contributed by atoms with E-state index in [2.05, 4.69) is 10.6 Å². The minimum atomic E-state index is -1.35. The first-order chi connectivity index (χ1) is 15.7. The lowest BCUT2D eigenvalue weighted by Crippen LogP contribution is -2.55. The summed E-state index contributed by atoms with van der Waals surface area (Å²) in [5, 5.41) is 23.7. The van der Waals surface area contributed by atoms with E-state index in [0.29, 0.717) is 0 Å². The largest absolute Gasteiger partial charge is 0.391 e. The first kappa shape index (κ1) is 25.7. The fraction of sp³-hybridized carbons (Fsp3) is 0.333. The Morgan fingerprint density at radius 2 is 1.55 bits per heavy atom. The smallest absolute Gasteiger partial charge is 0.243 e. The molecule has 3 atom stereocenters. The van der Waals surface area contributed by atoms with E-state index in [1.54, 1.807) is 0 Å². The van der Waals surface area contributed by atoms with Crippen LogP contribution in [0.1, 0.15) is 25.3 Å². The van der Waals surface area contributed by atoms with E-state index >= 15 is 0 Å². The van der Waals surface area contributed by atoms with Gasteiger partial charge in [-0.25, -0.2) is 0 Å². The maximum absolute atomic E-state index is 12.7. The van der Waals surface area contributed by atoms with Crippen LogP contribution < -0.4 is 16.4 Å². The van der Waals surface area contributed by atoms with Gasteiger partial charge in [-0.2, -0.15) is 0 Å². The SMILES string of the molecule is C[C@@H](O)[C@H](NC(=O)[C@H](CCC(N)=O)NC(=O)Cc1ccc(-c2ccccc2)cc1)C(=O)CO. The molecule has 9 nitrogen and oxygen atoms in total. The number of carbonyl (C=O) groups is 4. The predicted molar refractivity (Wildman–Crippen MR) is 122 cm³/mol. The van der Waals surface area contributed by atoms with Crippen LogP contribution in [0.3, 0.4) is 0 Å². The van der Waals surface area contributed by atoms with E-state index < -0.39 is 48.3 Å². The molecule has 0 aliphatic heterocycles. The minimum Gasteiger partial charge on any atom is -0.391 e. The first-order valence-corrected chi connectivity index (χ1v) is 10.5. The molecule has 0 fully saturated rings. The Bertz CT molecular complexity index is 960. The Balaban J connectivity index is 2.05. The average Bonchev–Trinajstić information content (AvgIpc) is 2.80. The predicted octanol–water partition coefficient (Wildman–Crippen LogP) is 0.0734. The molecule has 0 heterocycles. The van der Waals surface area contributed by atoms with Gasteiger partial charge in [0.25, 0.3) is 0 Å². The second-order valence-corrected chi connectivity index (χ2v) is 7.72. The van der Waals surface area contributed by atoms with Gasteiger partial charge in [0.05, 0.1) is 12.5 Å². The third-order valence-corrected chi connectivity index (χ3v) is 5.04. The van der Waals surface area contributed by atoms with Crippen molar-refractivity contribution < 1.29 is 29.4 Å². The summed E-state index contributed by atoms with van der Waals surface area (Å²) < 4.78 is 0. The molecule has 2 rings (SSSR count). The van der Waals surface area contributed by atoms with Crippen molar-refractivity contribution in [2.24, 2.45) is 5.73 Å². The van der Waals surface area contributed by atoms with E-state index in [-0.39, 0.29) is 19.3 Å². The molecule has 0 aliphatic rings. The molecular weight excluding hydrogens is 426 g/mol. The molecule has 0 radical (unpaired) electrons. The van der Waals surface area contributed by atoms with Crippen molar-refractivity contribution >= 4 is 23.5 Å². The molecule has 9 heteroatoms. The standard InChI is InChI=1S/C24H29N3O6/c1-15(29)23(20(30)14-28)27-24(33)19(11-12-21(25)31)26-22(32)13-16-7-9-18(10-8-16)17-5-3-2-4-6-17/h2-10,15,19,23,28-29H,11-14H2,1H3,(H2,25,31)(H,26,32)(H,27,33)/t15-,19+,23+/m1/s1. The number of benzene rings is 2. The zero-order chi connectivity index (χ0) is 24.4. The molecule has 0 saturated heterocycles. The lowest BCUT2D eigenvalue weighted by atomic mass is 10.0. The van der Waals surface area contributed by atoms with Crippen LogP contribution in [0.5, 0.6) is 0 Å². The molecule has 0 unspecified atom stereocenters. The summed E-state index contributed by atoms with van der Waals surface area (Å²) in [7, 11) is 0. The van der Waals surface area contributed by atoms with Gasteiger partial charge in [0.15, 0.2) is 5.78 Å². The summed E-state index contributed by atoms with van der Waals surface area (Å²) in [6, 6.07) is 14.7. The zero-order valence-corrected chi connectivity index (χ0v) is 18.4. The molecule has 0 saturated carbocycles. The quantitative estimate of drug-likeness (QED) is 0.305. The molecule has 33 heavy (non-hydrogen) atoms. The number of hydrogen-bond donors (Lipinski definition) is 5. The summed E-state index contributed by atoms with van der Waals surface area (Å²) in [5.41, 5.74) is 7.93. The van der Waals surface area contributed by atoms with E-state index in [4.69, 9.17) is 10.8 Å². The van der Waals surface area contributed by atoms with Crippen LogP contribution in [0, 0.1) is 0 Å². The average molecular weight is 456 g/mol. The molecule has 0 spiro atoms. The number of nitrogens with two attached hydrogens (primary N) is 1. The first-order valence-electron chi connectivity index (χ1n) is 10.5. The molecule has 6 N–H and O–H groups in total. The number of carbonyl (C=O) groups excluding carboxylic acids is 4. The zero-order valence-electron chi connectivity index (χ0n) is 18.4. The maximum atomic E-state index is 12.7. The minimum absolute atomic E-state index is 0.00910. The van der Waals surface area contributed by atoms with Crippen molar-refractivity contribution in [3.63, 3.8) is 0 Å². The van der Waals surface area contributed by atoms with Crippen LogP contribution in [-0.2, 0) is 25.6 Å². The van der Waals surface area contributed by atoms with Gasteiger partial charge in [0, 0.05) is 6.42 Å².